The standard InChI is InChI=1S/C18H23N3O4.2ClH/c1-23-10-9-20-12-18(22)21-15-3-4-16(24-2)17(11-15)25-13-14-5-7-19-8-6-14;;/h3-8,11,20H,9-10,12-13H2,1-2H3,(H,21,22);2*1H. The van der Waals surface area contributed by atoms with Crippen molar-refractivity contribution in [1.82, 2.24) is 10.3 Å². The average molecular weight is 418 g/mol. The fraction of sp³-hybridized carbons (Fsp3) is 0.333. The second-order valence-electron chi connectivity index (χ2n) is 5.23. The molecule has 0 unspecified atom stereocenters. The van der Waals surface area contributed by atoms with E-state index in [1.807, 2.05) is 12.1 Å². The molecule has 1 amide bonds. The average Bonchev–Trinajstić information content (AvgIpc) is 2.64. The summed E-state index contributed by atoms with van der Waals surface area (Å²) >= 11 is 0. The highest BCUT2D eigenvalue weighted by Gasteiger charge is 2.08. The predicted molar refractivity (Wildman–Crippen MR) is 109 cm³/mol. The third-order valence-corrected chi connectivity index (χ3v) is 3.36. The van der Waals surface area contributed by atoms with Crippen molar-refractivity contribution in [3.63, 3.8) is 0 Å². The first-order valence-electron chi connectivity index (χ1n) is 7.92. The predicted octanol–water partition coefficient (Wildman–Crippen LogP) is 2.69. The van der Waals surface area contributed by atoms with Gasteiger partial charge in [0.25, 0.3) is 0 Å². The zero-order chi connectivity index (χ0) is 17.9. The van der Waals surface area contributed by atoms with Gasteiger partial charge in [0, 0.05) is 37.8 Å². The molecule has 1 heterocycles. The minimum Gasteiger partial charge on any atom is -0.493 e. The number of methoxy groups -OCH3 is 2. The first-order chi connectivity index (χ1) is 12.2. The van der Waals surface area contributed by atoms with Crippen LogP contribution < -0.4 is 20.1 Å². The topological polar surface area (TPSA) is 81.7 Å². The molecule has 0 aliphatic rings. The van der Waals surface area contributed by atoms with E-state index in [1.165, 1.54) is 0 Å². The van der Waals surface area contributed by atoms with Crippen LogP contribution in [0.25, 0.3) is 0 Å². The number of hydrogen-bond donors (Lipinski definition) is 2. The Morgan fingerprint density at radius 1 is 1.07 bits per heavy atom. The molecule has 0 fully saturated rings. The Bertz CT molecular complexity index is 675. The Balaban J connectivity index is 0.00000338. The van der Waals surface area contributed by atoms with Crippen LogP contribution in [0.1, 0.15) is 5.56 Å². The van der Waals surface area contributed by atoms with Crippen LogP contribution in [0.3, 0.4) is 0 Å². The number of pyridine rings is 1. The summed E-state index contributed by atoms with van der Waals surface area (Å²) in [6.45, 7) is 1.77. The summed E-state index contributed by atoms with van der Waals surface area (Å²) < 4.78 is 16.0. The van der Waals surface area contributed by atoms with Crippen LogP contribution in [-0.2, 0) is 16.1 Å². The van der Waals surface area contributed by atoms with Gasteiger partial charge in [0.15, 0.2) is 11.5 Å². The highest BCUT2D eigenvalue weighted by atomic mass is 35.5. The molecular formula is C18H25Cl2N3O4. The van der Waals surface area contributed by atoms with Crippen molar-refractivity contribution in [2.75, 3.05) is 39.2 Å². The molecule has 27 heavy (non-hydrogen) atoms. The van der Waals surface area contributed by atoms with Gasteiger partial charge in [0.1, 0.15) is 6.61 Å². The zero-order valence-electron chi connectivity index (χ0n) is 15.3. The van der Waals surface area contributed by atoms with Gasteiger partial charge in [-0.2, -0.15) is 0 Å². The first kappa shape index (κ1) is 24.9. The molecule has 0 atom stereocenters. The van der Waals surface area contributed by atoms with E-state index in [9.17, 15) is 4.79 Å². The number of halogens is 2. The molecule has 7 nitrogen and oxygen atoms in total. The number of anilines is 1. The van der Waals surface area contributed by atoms with Crippen molar-refractivity contribution in [2.24, 2.45) is 0 Å². The molecule has 2 aromatic rings. The molecule has 150 valence electrons. The Labute approximate surface area is 171 Å². The summed E-state index contributed by atoms with van der Waals surface area (Å²) in [5.41, 5.74) is 1.64. The van der Waals surface area contributed by atoms with Gasteiger partial charge >= 0.3 is 0 Å². The second-order valence-corrected chi connectivity index (χ2v) is 5.23. The zero-order valence-corrected chi connectivity index (χ0v) is 16.9. The third-order valence-electron chi connectivity index (χ3n) is 3.36. The van der Waals surface area contributed by atoms with E-state index in [4.69, 9.17) is 14.2 Å². The van der Waals surface area contributed by atoms with Gasteiger partial charge in [-0.15, -0.1) is 24.8 Å². The quantitative estimate of drug-likeness (QED) is 0.578. The number of rotatable bonds is 10. The molecule has 0 radical (unpaired) electrons. The molecule has 1 aromatic carbocycles. The number of amides is 1. The van der Waals surface area contributed by atoms with Crippen molar-refractivity contribution >= 4 is 36.4 Å². The summed E-state index contributed by atoms with van der Waals surface area (Å²) in [7, 11) is 3.19. The fourth-order valence-electron chi connectivity index (χ4n) is 2.09. The lowest BCUT2D eigenvalue weighted by atomic mass is 10.2. The first-order valence-corrected chi connectivity index (χ1v) is 7.92. The highest BCUT2D eigenvalue weighted by molar-refractivity contribution is 5.92. The van der Waals surface area contributed by atoms with Crippen LogP contribution >= 0.6 is 24.8 Å². The van der Waals surface area contributed by atoms with Crippen molar-refractivity contribution < 1.29 is 19.0 Å². The van der Waals surface area contributed by atoms with Crippen LogP contribution in [0.4, 0.5) is 5.69 Å². The van der Waals surface area contributed by atoms with Crippen LogP contribution in [0.2, 0.25) is 0 Å². The van der Waals surface area contributed by atoms with Gasteiger partial charge in [0.2, 0.25) is 5.91 Å². The van der Waals surface area contributed by atoms with Crippen molar-refractivity contribution in [1.29, 1.82) is 0 Å². The normalized spacial score (nSPS) is 9.56. The molecule has 9 heteroatoms. The van der Waals surface area contributed by atoms with Gasteiger partial charge in [-0.05, 0) is 29.8 Å². The molecule has 2 rings (SSSR count). The Morgan fingerprint density at radius 2 is 1.81 bits per heavy atom. The van der Waals surface area contributed by atoms with E-state index in [2.05, 4.69) is 15.6 Å². The van der Waals surface area contributed by atoms with Crippen LogP contribution in [0.15, 0.2) is 42.7 Å². The van der Waals surface area contributed by atoms with Crippen LogP contribution in [0, 0.1) is 0 Å². The lowest BCUT2D eigenvalue weighted by Gasteiger charge is -2.13. The van der Waals surface area contributed by atoms with E-state index >= 15 is 0 Å². The summed E-state index contributed by atoms with van der Waals surface area (Å²) in [6.07, 6.45) is 3.42. The van der Waals surface area contributed by atoms with Gasteiger partial charge in [-0.1, -0.05) is 0 Å². The van der Waals surface area contributed by atoms with E-state index in [0.29, 0.717) is 36.9 Å². The number of aromatic nitrogens is 1. The third kappa shape index (κ3) is 8.92. The number of nitrogens with zero attached hydrogens (tertiary/aromatic N) is 1. The van der Waals surface area contributed by atoms with Gasteiger partial charge < -0.3 is 24.8 Å². The maximum absolute atomic E-state index is 11.9. The Morgan fingerprint density at radius 3 is 2.48 bits per heavy atom. The smallest absolute Gasteiger partial charge is 0.238 e. The van der Waals surface area contributed by atoms with Gasteiger partial charge in [-0.3, -0.25) is 9.78 Å². The highest BCUT2D eigenvalue weighted by Crippen LogP contribution is 2.30. The lowest BCUT2D eigenvalue weighted by Crippen LogP contribution is -2.30. The van der Waals surface area contributed by atoms with Crippen LogP contribution in [0.5, 0.6) is 11.5 Å². The van der Waals surface area contributed by atoms with Crippen LogP contribution in [-0.4, -0.2) is 44.8 Å². The minimum absolute atomic E-state index is 0. The Kier molecular flexibility index (Phi) is 13.0. The molecule has 0 saturated heterocycles. The summed E-state index contributed by atoms with van der Waals surface area (Å²) in [5.74, 6) is 1.02. The van der Waals surface area contributed by atoms with Gasteiger partial charge in [0.05, 0.1) is 20.3 Å². The molecule has 0 bridgehead atoms. The number of hydrogen-bond acceptors (Lipinski definition) is 6. The molecular weight excluding hydrogens is 393 g/mol. The number of carbonyl (C=O) groups excluding carboxylic acids is 1. The van der Waals surface area contributed by atoms with E-state index < -0.39 is 0 Å². The monoisotopic (exact) mass is 417 g/mol. The maximum atomic E-state index is 11.9. The molecule has 0 aliphatic carbocycles. The van der Waals surface area contributed by atoms with E-state index in [0.717, 1.165) is 5.56 Å². The summed E-state index contributed by atoms with van der Waals surface area (Å²) in [6, 6.07) is 9.03. The second kappa shape index (κ2) is 14.1. The Hall–Kier alpha value is -2.06. The van der Waals surface area contributed by atoms with E-state index in [1.54, 1.807) is 44.8 Å². The lowest BCUT2D eigenvalue weighted by molar-refractivity contribution is -0.115. The number of carbonyl (C=O) groups is 1. The minimum atomic E-state index is -0.138. The molecule has 0 aliphatic heterocycles. The van der Waals surface area contributed by atoms with Crippen molar-refractivity contribution in [2.45, 2.75) is 6.61 Å². The molecule has 0 spiro atoms. The van der Waals surface area contributed by atoms with Crippen molar-refractivity contribution in [3.8, 4) is 11.5 Å². The van der Waals surface area contributed by atoms with Gasteiger partial charge in [-0.25, -0.2) is 0 Å². The number of nitrogens with one attached hydrogen (secondary N) is 2. The van der Waals surface area contributed by atoms with E-state index in [-0.39, 0.29) is 37.3 Å². The van der Waals surface area contributed by atoms with Crippen molar-refractivity contribution in [3.05, 3.63) is 48.3 Å². The largest absolute Gasteiger partial charge is 0.493 e. The SMILES string of the molecule is COCCNCC(=O)Nc1ccc(OC)c(OCc2ccncc2)c1.Cl.Cl. The maximum Gasteiger partial charge on any atom is 0.238 e. The molecule has 2 N–H and O–H groups in total. The summed E-state index contributed by atoms with van der Waals surface area (Å²) in [5, 5.41) is 5.81. The summed E-state index contributed by atoms with van der Waals surface area (Å²) in [4.78, 5) is 15.9. The fourth-order valence-corrected chi connectivity index (χ4v) is 2.09. The molecule has 0 saturated carbocycles. The molecule has 1 aromatic heterocycles. The number of ether oxygens (including phenoxy) is 3. The number of benzene rings is 1.